The monoisotopic (exact) mass is 267 g/mol. The van der Waals surface area contributed by atoms with Gasteiger partial charge in [0.15, 0.2) is 0 Å². The average Bonchev–Trinajstić information content (AvgIpc) is 2.72. The summed E-state index contributed by atoms with van der Waals surface area (Å²) in [5.41, 5.74) is -1.83. The summed E-state index contributed by atoms with van der Waals surface area (Å²) < 4.78 is 13.7. The fourth-order valence-corrected chi connectivity index (χ4v) is 2.37. The Morgan fingerprint density at radius 3 is 2.68 bits per heavy atom. The molecule has 1 amide bonds. The molecule has 1 aliphatic heterocycles. The van der Waals surface area contributed by atoms with Gasteiger partial charge in [0.1, 0.15) is 22.7 Å². The van der Waals surface area contributed by atoms with Gasteiger partial charge < -0.3 is 15.1 Å². The maximum Gasteiger partial charge on any atom is 0.329 e. The number of amides is 1. The molecule has 5 nitrogen and oxygen atoms in total. The molecule has 0 saturated carbocycles. The van der Waals surface area contributed by atoms with E-state index in [-0.39, 0.29) is 6.54 Å². The van der Waals surface area contributed by atoms with Gasteiger partial charge in [0.2, 0.25) is 0 Å². The number of carboxylic acid groups (broad SMARTS) is 1. The minimum absolute atomic E-state index is 0.232. The Balaban J connectivity index is 2.42. The van der Waals surface area contributed by atoms with E-state index in [0.717, 1.165) is 11.0 Å². The molecule has 1 unspecified atom stereocenters. The van der Waals surface area contributed by atoms with Crippen LogP contribution in [0.4, 0.5) is 4.39 Å². The van der Waals surface area contributed by atoms with Crippen LogP contribution in [0.15, 0.2) is 18.2 Å². The number of phenols is 1. The van der Waals surface area contributed by atoms with Crippen LogP contribution in [0.3, 0.4) is 0 Å². The SMILES string of the molecule is CC1(C(=O)O)CCCN1C(=O)c1c(O)cccc1F. The Morgan fingerprint density at radius 1 is 1.42 bits per heavy atom. The molecular weight excluding hydrogens is 253 g/mol. The lowest BCUT2D eigenvalue weighted by atomic mass is 9.98. The third-order valence-corrected chi connectivity index (χ3v) is 3.55. The van der Waals surface area contributed by atoms with Gasteiger partial charge in [-0.2, -0.15) is 0 Å². The lowest BCUT2D eigenvalue weighted by Gasteiger charge is -2.31. The third-order valence-electron chi connectivity index (χ3n) is 3.55. The van der Waals surface area contributed by atoms with Crippen LogP contribution in [0.5, 0.6) is 5.75 Å². The van der Waals surface area contributed by atoms with Crippen molar-refractivity contribution in [3.05, 3.63) is 29.6 Å². The molecule has 0 aliphatic carbocycles. The number of nitrogens with zero attached hydrogens (tertiary/aromatic N) is 1. The highest BCUT2D eigenvalue weighted by Crippen LogP contribution is 2.33. The Hall–Kier alpha value is -2.11. The number of phenolic OH excluding ortho intramolecular Hbond substituents is 1. The van der Waals surface area contributed by atoms with Crippen molar-refractivity contribution < 1.29 is 24.2 Å². The van der Waals surface area contributed by atoms with Gasteiger partial charge in [-0.15, -0.1) is 0 Å². The van der Waals surface area contributed by atoms with Crippen molar-refractivity contribution in [2.24, 2.45) is 0 Å². The van der Waals surface area contributed by atoms with E-state index in [1.165, 1.54) is 19.1 Å². The molecule has 1 saturated heterocycles. The van der Waals surface area contributed by atoms with Crippen LogP contribution in [0, 0.1) is 5.82 Å². The highest BCUT2D eigenvalue weighted by Gasteiger charge is 2.46. The molecule has 1 fully saturated rings. The minimum atomic E-state index is -1.36. The Morgan fingerprint density at radius 2 is 2.11 bits per heavy atom. The van der Waals surface area contributed by atoms with E-state index < -0.39 is 34.5 Å². The molecule has 0 spiro atoms. The number of aromatic hydroxyl groups is 1. The van der Waals surface area contributed by atoms with Crippen LogP contribution in [0.25, 0.3) is 0 Å². The van der Waals surface area contributed by atoms with Crippen molar-refractivity contribution in [1.29, 1.82) is 0 Å². The molecule has 0 bridgehead atoms. The second-order valence-electron chi connectivity index (χ2n) is 4.77. The predicted octanol–water partition coefficient (Wildman–Crippen LogP) is 1.61. The Kier molecular flexibility index (Phi) is 3.18. The number of carbonyl (C=O) groups is 2. The first-order valence-corrected chi connectivity index (χ1v) is 5.91. The zero-order valence-corrected chi connectivity index (χ0v) is 10.4. The maximum absolute atomic E-state index is 13.7. The highest BCUT2D eigenvalue weighted by atomic mass is 19.1. The van der Waals surface area contributed by atoms with E-state index in [4.69, 9.17) is 0 Å². The fraction of sp³-hybridized carbons (Fsp3) is 0.385. The topological polar surface area (TPSA) is 77.8 Å². The number of carbonyl (C=O) groups excluding carboxylic acids is 1. The molecule has 6 heteroatoms. The molecule has 0 aromatic heterocycles. The molecule has 2 N–H and O–H groups in total. The van der Waals surface area contributed by atoms with Gasteiger partial charge in [-0.1, -0.05) is 6.07 Å². The van der Waals surface area contributed by atoms with Gasteiger partial charge in [-0.25, -0.2) is 9.18 Å². The van der Waals surface area contributed by atoms with Crippen molar-refractivity contribution >= 4 is 11.9 Å². The lowest BCUT2D eigenvalue weighted by molar-refractivity contribution is -0.147. The van der Waals surface area contributed by atoms with Crippen LogP contribution in [0.1, 0.15) is 30.1 Å². The first-order chi connectivity index (χ1) is 8.88. The number of halogens is 1. The van der Waals surface area contributed by atoms with Crippen molar-refractivity contribution in [1.82, 2.24) is 4.90 Å². The maximum atomic E-state index is 13.7. The summed E-state index contributed by atoms with van der Waals surface area (Å²) in [4.78, 5) is 24.7. The molecular formula is C13H14FNO4. The summed E-state index contributed by atoms with van der Waals surface area (Å²) in [5.74, 6) is -3.26. The van der Waals surface area contributed by atoms with Gasteiger partial charge in [0, 0.05) is 6.54 Å². The zero-order chi connectivity index (χ0) is 14.2. The quantitative estimate of drug-likeness (QED) is 0.853. The second kappa shape index (κ2) is 4.53. The molecule has 1 aliphatic rings. The van der Waals surface area contributed by atoms with E-state index in [0.29, 0.717) is 12.8 Å². The molecule has 0 radical (unpaired) electrons. The molecule has 1 aromatic rings. The van der Waals surface area contributed by atoms with E-state index in [1.54, 1.807) is 0 Å². The number of benzene rings is 1. The molecule has 1 heterocycles. The average molecular weight is 267 g/mol. The molecule has 102 valence electrons. The Labute approximate surface area is 109 Å². The number of aliphatic carboxylic acids is 1. The van der Waals surface area contributed by atoms with Gasteiger partial charge in [-0.05, 0) is 31.9 Å². The van der Waals surface area contributed by atoms with Gasteiger partial charge in [-0.3, -0.25) is 4.79 Å². The summed E-state index contributed by atoms with van der Waals surface area (Å²) in [6.07, 6.45) is 0.840. The van der Waals surface area contributed by atoms with Crippen LogP contribution in [-0.4, -0.2) is 39.1 Å². The summed E-state index contributed by atoms with van der Waals surface area (Å²) >= 11 is 0. The van der Waals surface area contributed by atoms with E-state index in [1.807, 2.05) is 0 Å². The Bertz CT molecular complexity index is 525. The van der Waals surface area contributed by atoms with Gasteiger partial charge in [0.25, 0.3) is 5.91 Å². The predicted molar refractivity (Wildman–Crippen MR) is 64.4 cm³/mol. The summed E-state index contributed by atoms with van der Waals surface area (Å²) in [6.45, 7) is 1.66. The lowest BCUT2D eigenvalue weighted by Crippen LogP contribution is -2.51. The second-order valence-corrected chi connectivity index (χ2v) is 4.77. The number of hydrogen-bond acceptors (Lipinski definition) is 3. The number of hydrogen-bond donors (Lipinski definition) is 2. The number of rotatable bonds is 2. The normalized spacial score (nSPS) is 22.5. The van der Waals surface area contributed by atoms with Crippen molar-refractivity contribution in [2.75, 3.05) is 6.54 Å². The highest BCUT2D eigenvalue weighted by molar-refractivity contribution is 6.00. The van der Waals surface area contributed by atoms with Crippen LogP contribution >= 0.6 is 0 Å². The summed E-state index contributed by atoms with van der Waals surface area (Å²) in [6, 6.07) is 3.54. The van der Waals surface area contributed by atoms with Crippen molar-refractivity contribution in [3.8, 4) is 5.75 Å². The molecule has 2 rings (SSSR count). The largest absolute Gasteiger partial charge is 0.507 e. The first-order valence-electron chi connectivity index (χ1n) is 5.91. The third kappa shape index (κ3) is 2.03. The van der Waals surface area contributed by atoms with Crippen LogP contribution < -0.4 is 0 Å². The molecule has 19 heavy (non-hydrogen) atoms. The summed E-state index contributed by atoms with van der Waals surface area (Å²) in [7, 11) is 0. The van der Waals surface area contributed by atoms with Crippen LogP contribution in [0.2, 0.25) is 0 Å². The standard InChI is InChI=1S/C13H14FNO4/c1-13(12(18)19)6-3-7-15(13)11(17)10-8(14)4-2-5-9(10)16/h2,4-5,16H,3,6-7H2,1H3,(H,18,19). The number of carboxylic acids is 1. The number of likely N-dealkylation sites (tertiary alicyclic amines) is 1. The fourth-order valence-electron chi connectivity index (χ4n) is 2.37. The molecule has 1 aromatic carbocycles. The van der Waals surface area contributed by atoms with Gasteiger partial charge in [0.05, 0.1) is 0 Å². The zero-order valence-electron chi connectivity index (χ0n) is 10.4. The van der Waals surface area contributed by atoms with Crippen LogP contribution in [-0.2, 0) is 4.79 Å². The van der Waals surface area contributed by atoms with Crippen molar-refractivity contribution in [3.63, 3.8) is 0 Å². The van der Waals surface area contributed by atoms with E-state index in [2.05, 4.69) is 0 Å². The smallest absolute Gasteiger partial charge is 0.329 e. The van der Waals surface area contributed by atoms with E-state index >= 15 is 0 Å². The van der Waals surface area contributed by atoms with Gasteiger partial charge >= 0.3 is 5.97 Å². The van der Waals surface area contributed by atoms with E-state index in [9.17, 15) is 24.2 Å². The summed E-state index contributed by atoms with van der Waals surface area (Å²) in [5, 5.41) is 18.8. The minimum Gasteiger partial charge on any atom is -0.507 e. The van der Waals surface area contributed by atoms with Crippen molar-refractivity contribution in [2.45, 2.75) is 25.3 Å². The first kappa shape index (κ1) is 13.3. The molecule has 1 atom stereocenters.